The highest BCUT2D eigenvalue weighted by atomic mass is 32.1. The fourth-order valence-electron chi connectivity index (χ4n) is 1.07. The maximum atomic E-state index is 11.2. The van der Waals surface area contributed by atoms with Crippen molar-refractivity contribution < 1.29 is 9.53 Å². The molecular weight excluding hydrogens is 212 g/mol. The van der Waals surface area contributed by atoms with Gasteiger partial charge in [0, 0.05) is 10.7 Å². The maximum absolute atomic E-state index is 11.2. The average molecular weight is 222 g/mol. The second-order valence-corrected chi connectivity index (χ2v) is 3.27. The number of carbonyl (C=O) groups excluding carboxylic acids is 1. The zero-order valence-corrected chi connectivity index (χ0v) is 9.06. The highest BCUT2D eigenvalue weighted by molar-refractivity contribution is 7.71. The van der Waals surface area contributed by atoms with E-state index >= 15 is 0 Å². The molecule has 1 heterocycles. The molecule has 0 aliphatic carbocycles. The van der Waals surface area contributed by atoms with Crippen LogP contribution < -0.4 is 0 Å². The minimum absolute atomic E-state index is 0.134. The number of hydrogen-bond donors (Lipinski definition) is 1. The van der Waals surface area contributed by atoms with Crippen LogP contribution in [0.15, 0.2) is 12.3 Å². The molecule has 0 aliphatic rings. The molecule has 4 nitrogen and oxygen atoms in total. The minimum Gasteiger partial charge on any atom is -0.466 e. The molecule has 15 heavy (non-hydrogen) atoms. The lowest BCUT2D eigenvalue weighted by Crippen LogP contribution is -2.08. The van der Waals surface area contributed by atoms with Gasteiger partial charge in [0.15, 0.2) is 0 Å². The van der Waals surface area contributed by atoms with Crippen molar-refractivity contribution in [3.63, 3.8) is 0 Å². The first kappa shape index (κ1) is 11.4. The van der Waals surface area contributed by atoms with E-state index in [1.54, 1.807) is 13.1 Å². The van der Waals surface area contributed by atoms with E-state index in [0.29, 0.717) is 22.4 Å². The second kappa shape index (κ2) is 5.27. The van der Waals surface area contributed by atoms with Crippen molar-refractivity contribution in [2.45, 2.75) is 13.3 Å². The summed E-state index contributed by atoms with van der Waals surface area (Å²) in [7, 11) is 0. The van der Waals surface area contributed by atoms with Crippen molar-refractivity contribution in [1.82, 2.24) is 4.98 Å². The van der Waals surface area contributed by atoms with E-state index in [4.69, 9.17) is 22.2 Å². The van der Waals surface area contributed by atoms with Gasteiger partial charge in [-0.25, -0.2) is 0 Å². The number of carbonyl (C=O) groups is 1. The highest BCUT2D eigenvalue weighted by Crippen LogP contribution is 2.05. The monoisotopic (exact) mass is 222 g/mol. The van der Waals surface area contributed by atoms with Crippen LogP contribution >= 0.6 is 12.2 Å². The number of nitriles is 1. The lowest BCUT2D eigenvalue weighted by Gasteiger charge is -2.02. The van der Waals surface area contributed by atoms with Crippen LogP contribution in [0.5, 0.6) is 0 Å². The number of rotatable bonds is 3. The standard InChI is InChI=1S/C10H10N2O2S/c1-2-14-10(13)3-7-6-12-8(5-11)4-9(7)15/h4,6H,2-3H2,1H3,(H,12,15). The zero-order chi connectivity index (χ0) is 11.3. The summed E-state index contributed by atoms with van der Waals surface area (Å²) in [5.74, 6) is -0.318. The molecule has 1 aromatic heterocycles. The summed E-state index contributed by atoms with van der Waals surface area (Å²) in [6, 6.07) is 3.47. The summed E-state index contributed by atoms with van der Waals surface area (Å²) in [6.07, 6.45) is 1.70. The molecule has 0 aromatic carbocycles. The van der Waals surface area contributed by atoms with Crippen molar-refractivity contribution in [1.29, 1.82) is 5.26 Å². The molecule has 0 radical (unpaired) electrons. The van der Waals surface area contributed by atoms with Gasteiger partial charge in [0.2, 0.25) is 0 Å². The Balaban J connectivity index is 2.84. The first-order valence-electron chi connectivity index (χ1n) is 4.44. The fraction of sp³-hybridized carbons (Fsp3) is 0.300. The van der Waals surface area contributed by atoms with Crippen LogP contribution in [-0.2, 0) is 16.0 Å². The Labute approximate surface area is 92.5 Å². The molecule has 0 bridgehead atoms. The molecule has 0 fully saturated rings. The lowest BCUT2D eigenvalue weighted by atomic mass is 10.2. The van der Waals surface area contributed by atoms with E-state index in [9.17, 15) is 4.79 Å². The number of aromatic nitrogens is 1. The highest BCUT2D eigenvalue weighted by Gasteiger charge is 2.05. The minimum atomic E-state index is -0.318. The first-order valence-corrected chi connectivity index (χ1v) is 4.85. The molecule has 0 amide bonds. The van der Waals surface area contributed by atoms with Crippen LogP contribution in [0.4, 0.5) is 0 Å². The van der Waals surface area contributed by atoms with Gasteiger partial charge in [-0.15, -0.1) is 0 Å². The van der Waals surface area contributed by atoms with Crippen molar-refractivity contribution in [2.24, 2.45) is 0 Å². The quantitative estimate of drug-likeness (QED) is 0.624. The number of nitrogens with zero attached hydrogens (tertiary/aromatic N) is 1. The molecule has 1 rings (SSSR count). The normalized spacial score (nSPS) is 9.33. The molecule has 0 atom stereocenters. The van der Waals surface area contributed by atoms with Gasteiger partial charge in [0.25, 0.3) is 0 Å². The zero-order valence-electron chi connectivity index (χ0n) is 8.24. The van der Waals surface area contributed by atoms with E-state index in [-0.39, 0.29) is 12.4 Å². The Morgan fingerprint density at radius 3 is 3.00 bits per heavy atom. The Bertz CT molecular complexity index is 459. The number of hydrogen-bond acceptors (Lipinski definition) is 4. The molecule has 0 unspecified atom stereocenters. The molecule has 1 aromatic rings. The van der Waals surface area contributed by atoms with Crippen LogP contribution in [0.1, 0.15) is 18.2 Å². The largest absolute Gasteiger partial charge is 0.466 e. The molecule has 0 saturated carbocycles. The third kappa shape index (κ3) is 3.18. The third-order valence-corrected chi connectivity index (χ3v) is 2.13. The molecule has 78 valence electrons. The topological polar surface area (TPSA) is 65.9 Å². The predicted molar refractivity (Wildman–Crippen MR) is 56.7 cm³/mol. The van der Waals surface area contributed by atoms with Crippen molar-refractivity contribution in [2.75, 3.05) is 6.61 Å². The van der Waals surface area contributed by atoms with E-state index < -0.39 is 0 Å². The summed E-state index contributed by atoms with van der Waals surface area (Å²) >= 11 is 5.03. The van der Waals surface area contributed by atoms with E-state index in [1.165, 1.54) is 6.07 Å². The van der Waals surface area contributed by atoms with E-state index in [0.717, 1.165) is 0 Å². The Morgan fingerprint density at radius 2 is 2.47 bits per heavy atom. The van der Waals surface area contributed by atoms with Gasteiger partial charge < -0.3 is 9.72 Å². The van der Waals surface area contributed by atoms with Crippen LogP contribution in [0.2, 0.25) is 0 Å². The average Bonchev–Trinajstić information content (AvgIpc) is 2.21. The summed E-state index contributed by atoms with van der Waals surface area (Å²) in [5, 5.41) is 8.60. The summed E-state index contributed by atoms with van der Waals surface area (Å²) < 4.78 is 5.29. The van der Waals surface area contributed by atoms with Crippen LogP contribution in [-0.4, -0.2) is 17.6 Å². The van der Waals surface area contributed by atoms with Gasteiger partial charge in [-0.05, 0) is 18.6 Å². The molecule has 0 aliphatic heterocycles. The van der Waals surface area contributed by atoms with Crippen molar-refractivity contribution in [3.8, 4) is 6.07 Å². The molecule has 5 heteroatoms. The van der Waals surface area contributed by atoms with Crippen molar-refractivity contribution >= 4 is 18.2 Å². The number of ether oxygens (including phenoxy) is 1. The number of H-pyrrole nitrogens is 1. The van der Waals surface area contributed by atoms with Gasteiger partial charge >= 0.3 is 5.97 Å². The molecule has 0 spiro atoms. The van der Waals surface area contributed by atoms with Gasteiger partial charge in [-0.2, -0.15) is 5.26 Å². The SMILES string of the molecule is CCOC(=O)Cc1c[nH]c(C#N)cc1=S. The van der Waals surface area contributed by atoms with Crippen LogP contribution in [0.3, 0.4) is 0 Å². The number of pyridine rings is 1. The molecular formula is C10H10N2O2S. The van der Waals surface area contributed by atoms with E-state index in [1.807, 2.05) is 6.07 Å². The van der Waals surface area contributed by atoms with Gasteiger partial charge in [0.05, 0.1) is 13.0 Å². The van der Waals surface area contributed by atoms with Gasteiger partial charge in [-0.3, -0.25) is 4.79 Å². The molecule has 1 N–H and O–H groups in total. The van der Waals surface area contributed by atoms with E-state index in [2.05, 4.69) is 4.98 Å². The lowest BCUT2D eigenvalue weighted by molar-refractivity contribution is -0.142. The third-order valence-electron chi connectivity index (χ3n) is 1.75. The van der Waals surface area contributed by atoms with Gasteiger partial charge in [0.1, 0.15) is 11.8 Å². The smallest absolute Gasteiger partial charge is 0.310 e. The Morgan fingerprint density at radius 1 is 1.73 bits per heavy atom. The van der Waals surface area contributed by atoms with Crippen LogP contribution in [0.25, 0.3) is 0 Å². The first-order chi connectivity index (χ1) is 7.17. The number of nitrogens with one attached hydrogen (secondary N) is 1. The maximum Gasteiger partial charge on any atom is 0.310 e. The fourth-order valence-corrected chi connectivity index (χ4v) is 1.32. The Hall–Kier alpha value is -1.67. The molecule has 0 saturated heterocycles. The summed E-state index contributed by atoms with van der Waals surface area (Å²) in [5.41, 5.74) is 1.05. The number of aromatic amines is 1. The summed E-state index contributed by atoms with van der Waals surface area (Å²) in [6.45, 7) is 2.10. The Kier molecular flexibility index (Phi) is 4.01. The van der Waals surface area contributed by atoms with Gasteiger partial charge in [-0.1, -0.05) is 12.2 Å². The summed E-state index contributed by atoms with van der Waals surface area (Å²) in [4.78, 5) is 13.9. The second-order valence-electron chi connectivity index (χ2n) is 2.83. The predicted octanol–water partition coefficient (Wildman–Crippen LogP) is 1.72. The van der Waals surface area contributed by atoms with Crippen LogP contribution in [0, 0.1) is 15.8 Å². The number of esters is 1. The van der Waals surface area contributed by atoms with Crippen molar-refractivity contribution in [3.05, 3.63) is 28.0 Å².